The van der Waals surface area contributed by atoms with Crippen molar-refractivity contribution >= 4 is 22.9 Å². The second-order valence-electron chi connectivity index (χ2n) is 5.23. The van der Waals surface area contributed by atoms with Gasteiger partial charge in [-0.2, -0.15) is 0 Å². The largest absolute Gasteiger partial charge is 0.420 e. The van der Waals surface area contributed by atoms with Gasteiger partial charge >= 0.3 is 0 Å². The summed E-state index contributed by atoms with van der Waals surface area (Å²) in [5.74, 6) is 0.171. The lowest BCUT2D eigenvalue weighted by atomic mass is 10.2. The summed E-state index contributed by atoms with van der Waals surface area (Å²) in [7, 11) is 0. The molecule has 3 rings (SSSR count). The fraction of sp³-hybridized carbons (Fsp3) is 0.188. The Bertz CT molecular complexity index is 841. The lowest BCUT2D eigenvalue weighted by Gasteiger charge is -2.05. The highest BCUT2D eigenvalue weighted by Gasteiger charge is 2.18. The van der Waals surface area contributed by atoms with Gasteiger partial charge in [-0.25, -0.2) is 4.39 Å². The number of rotatable bonds is 4. The Balaban J connectivity index is 1.84. The van der Waals surface area contributed by atoms with Crippen LogP contribution in [0.5, 0.6) is 0 Å². The average Bonchev–Trinajstić information content (AvgIpc) is 3.15. The van der Waals surface area contributed by atoms with Crippen molar-refractivity contribution in [1.29, 1.82) is 0 Å². The van der Waals surface area contributed by atoms with Gasteiger partial charge in [-0.15, -0.1) is 21.5 Å². The molecule has 0 spiro atoms. The molecule has 0 aliphatic heterocycles. The van der Waals surface area contributed by atoms with Gasteiger partial charge in [0, 0.05) is 11.5 Å². The Morgan fingerprint density at radius 1 is 1.30 bits per heavy atom. The summed E-state index contributed by atoms with van der Waals surface area (Å²) in [6.07, 6.45) is 0. The third-order valence-electron chi connectivity index (χ3n) is 3.13. The number of carbonyl (C=O) groups is 1. The van der Waals surface area contributed by atoms with E-state index in [4.69, 9.17) is 4.42 Å². The van der Waals surface area contributed by atoms with Crippen molar-refractivity contribution in [2.75, 3.05) is 5.32 Å². The van der Waals surface area contributed by atoms with E-state index in [-0.39, 0.29) is 11.5 Å². The standard InChI is InChI=1S/C16H14FN3O2S/c1-9(2)15-19-20-16(22-15)13-12(6-7-23-13)18-14(21)10-4-3-5-11(17)8-10/h3-9H,1-2H3,(H,18,21). The summed E-state index contributed by atoms with van der Waals surface area (Å²) in [5, 5.41) is 12.6. The van der Waals surface area contributed by atoms with Crippen LogP contribution in [-0.4, -0.2) is 16.1 Å². The Morgan fingerprint density at radius 2 is 2.13 bits per heavy atom. The van der Waals surface area contributed by atoms with Crippen LogP contribution >= 0.6 is 11.3 Å². The third kappa shape index (κ3) is 3.29. The molecule has 0 aliphatic rings. The number of nitrogens with zero attached hydrogens (tertiary/aromatic N) is 2. The highest BCUT2D eigenvalue weighted by atomic mass is 32.1. The molecule has 0 atom stereocenters. The number of amides is 1. The fourth-order valence-corrected chi connectivity index (χ4v) is 2.73. The summed E-state index contributed by atoms with van der Waals surface area (Å²) in [4.78, 5) is 12.9. The van der Waals surface area contributed by atoms with Gasteiger partial charge in [0.25, 0.3) is 11.8 Å². The fourth-order valence-electron chi connectivity index (χ4n) is 1.96. The van der Waals surface area contributed by atoms with Gasteiger partial charge in [0.2, 0.25) is 5.89 Å². The zero-order valence-electron chi connectivity index (χ0n) is 12.5. The van der Waals surface area contributed by atoms with Crippen molar-refractivity contribution in [3.63, 3.8) is 0 Å². The quantitative estimate of drug-likeness (QED) is 0.773. The Labute approximate surface area is 136 Å². The number of hydrogen-bond acceptors (Lipinski definition) is 5. The molecule has 5 nitrogen and oxygen atoms in total. The van der Waals surface area contributed by atoms with E-state index in [1.54, 1.807) is 12.1 Å². The average molecular weight is 331 g/mol. The monoisotopic (exact) mass is 331 g/mol. The van der Waals surface area contributed by atoms with Crippen LogP contribution in [0.3, 0.4) is 0 Å². The number of benzene rings is 1. The minimum Gasteiger partial charge on any atom is -0.420 e. The van der Waals surface area contributed by atoms with Crippen LogP contribution < -0.4 is 5.32 Å². The molecule has 1 amide bonds. The van der Waals surface area contributed by atoms with Crippen LogP contribution in [0.25, 0.3) is 10.8 Å². The number of aromatic nitrogens is 2. The molecule has 0 radical (unpaired) electrons. The first-order valence-corrected chi connectivity index (χ1v) is 7.90. The van der Waals surface area contributed by atoms with Gasteiger partial charge in [0.1, 0.15) is 10.7 Å². The topological polar surface area (TPSA) is 68.0 Å². The summed E-state index contributed by atoms with van der Waals surface area (Å²) < 4.78 is 18.8. The molecule has 7 heteroatoms. The molecule has 2 aromatic heterocycles. The summed E-state index contributed by atoms with van der Waals surface area (Å²) >= 11 is 1.38. The van der Waals surface area contributed by atoms with E-state index in [9.17, 15) is 9.18 Å². The van der Waals surface area contributed by atoms with E-state index < -0.39 is 11.7 Å². The first kappa shape index (κ1) is 15.4. The first-order chi connectivity index (χ1) is 11.0. The Kier molecular flexibility index (Phi) is 4.20. The molecule has 0 saturated carbocycles. The van der Waals surface area contributed by atoms with Crippen LogP contribution in [0.4, 0.5) is 10.1 Å². The van der Waals surface area contributed by atoms with E-state index >= 15 is 0 Å². The third-order valence-corrected chi connectivity index (χ3v) is 4.03. The van der Waals surface area contributed by atoms with E-state index in [2.05, 4.69) is 15.5 Å². The highest BCUT2D eigenvalue weighted by Crippen LogP contribution is 2.33. The van der Waals surface area contributed by atoms with Gasteiger partial charge < -0.3 is 9.73 Å². The molecule has 23 heavy (non-hydrogen) atoms. The molecule has 0 fully saturated rings. The van der Waals surface area contributed by atoms with E-state index in [1.165, 1.54) is 29.5 Å². The minimum atomic E-state index is -0.457. The van der Waals surface area contributed by atoms with Gasteiger partial charge in [-0.3, -0.25) is 4.79 Å². The van der Waals surface area contributed by atoms with Gasteiger partial charge in [-0.05, 0) is 29.6 Å². The van der Waals surface area contributed by atoms with Gasteiger partial charge in [0.15, 0.2) is 0 Å². The predicted molar refractivity (Wildman–Crippen MR) is 86.1 cm³/mol. The summed E-state index contributed by atoms with van der Waals surface area (Å²) in [5.41, 5.74) is 0.804. The second kappa shape index (κ2) is 6.29. The van der Waals surface area contributed by atoms with Crippen LogP contribution in [0, 0.1) is 5.82 Å². The molecule has 0 unspecified atom stereocenters. The van der Waals surface area contributed by atoms with Crippen molar-refractivity contribution in [1.82, 2.24) is 10.2 Å². The minimum absolute atomic E-state index is 0.126. The molecular weight excluding hydrogens is 317 g/mol. The normalized spacial score (nSPS) is 11.0. The SMILES string of the molecule is CC(C)c1nnc(-c2sccc2NC(=O)c2cccc(F)c2)o1. The maximum Gasteiger partial charge on any atom is 0.259 e. The van der Waals surface area contributed by atoms with Crippen molar-refractivity contribution < 1.29 is 13.6 Å². The van der Waals surface area contributed by atoms with E-state index in [1.807, 2.05) is 19.2 Å². The summed E-state index contributed by atoms with van der Waals surface area (Å²) in [6.45, 7) is 3.91. The highest BCUT2D eigenvalue weighted by molar-refractivity contribution is 7.14. The molecule has 1 N–H and O–H groups in total. The second-order valence-corrected chi connectivity index (χ2v) is 6.14. The molecule has 0 saturated heterocycles. The van der Waals surface area contributed by atoms with Gasteiger partial charge in [-0.1, -0.05) is 19.9 Å². The molecule has 0 bridgehead atoms. The Morgan fingerprint density at radius 3 is 2.83 bits per heavy atom. The number of nitrogens with one attached hydrogen (secondary N) is 1. The Hall–Kier alpha value is -2.54. The van der Waals surface area contributed by atoms with E-state index in [0.717, 1.165) is 0 Å². The first-order valence-electron chi connectivity index (χ1n) is 7.03. The molecule has 2 heterocycles. The zero-order chi connectivity index (χ0) is 16.4. The zero-order valence-corrected chi connectivity index (χ0v) is 13.4. The molecule has 3 aromatic rings. The van der Waals surface area contributed by atoms with Crippen LogP contribution in [0.2, 0.25) is 0 Å². The maximum atomic E-state index is 13.2. The number of hydrogen-bond donors (Lipinski definition) is 1. The smallest absolute Gasteiger partial charge is 0.259 e. The van der Waals surface area contributed by atoms with E-state index in [0.29, 0.717) is 22.3 Å². The van der Waals surface area contributed by atoms with Crippen LogP contribution in [0.1, 0.15) is 36.0 Å². The predicted octanol–water partition coefficient (Wildman–Crippen LogP) is 4.31. The molecular formula is C16H14FN3O2S. The van der Waals surface area contributed by atoms with Crippen molar-refractivity contribution in [3.05, 3.63) is 53.0 Å². The van der Waals surface area contributed by atoms with Crippen LogP contribution in [-0.2, 0) is 0 Å². The lowest BCUT2D eigenvalue weighted by Crippen LogP contribution is -2.12. The molecule has 118 valence electrons. The van der Waals surface area contributed by atoms with Crippen molar-refractivity contribution in [2.24, 2.45) is 0 Å². The number of halogens is 1. The van der Waals surface area contributed by atoms with Crippen LogP contribution in [0.15, 0.2) is 40.1 Å². The van der Waals surface area contributed by atoms with Crippen molar-refractivity contribution in [3.8, 4) is 10.8 Å². The molecule has 1 aromatic carbocycles. The number of anilines is 1. The molecule has 0 aliphatic carbocycles. The maximum absolute atomic E-state index is 13.2. The summed E-state index contributed by atoms with van der Waals surface area (Å²) in [6, 6.07) is 7.26. The van der Waals surface area contributed by atoms with Gasteiger partial charge in [0.05, 0.1) is 5.69 Å². The number of carbonyl (C=O) groups excluding carboxylic acids is 1. The van der Waals surface area contributed by atoms with Crippen molar-refractivity contribution in [2.45, 2.75) is 19.8 Å². The number of thiophene rings is 1. The lowest BCUT2D eigenvalue weighted by molar-refractivity contribution is 0.102.